The molecule has 1 aromatic rings. The Balaban J connectivity index is 2.14. The molecule has 0 N–H and O–H groups in total. The van der Waals surface area contributed by atoms with E-state index in [-0.39, 0.29) is 17.3 Å². The molecule has 1 aliphatic heterocycles. The molecular weight excluding hydrogens is 268 g/mol. The molecule has 19 heavy (non-hydrogen) atoms. The zero-order valence-corrected chi connectivity index (χ0v) is 11.3. The van der Waals surface area contributed by atoms with Crippen molar-refractivity contribution in [2.45, 2.75) is 17.7 Å². The Morgan fingerprint density at radius 3 is 2.84 bits per heavy atom. The van der Waals surface area contributed by atoms with E-state index < -0.39 is 10.0 Å². The molecule has 2 rings (SSSR count). The minimum atomic E-state index is -3.58. The molecular formula is C12H14N2O4S. The van der Waals surface area contributed by atoms with Crippen LogP contribution in [0.25, 0.3) is 0 Å². The first-order chi connectivity index (χ1) is 9.04. The first-order valence-corrected chi connectivity index (χ1v) is 7.21. The summed E-state index contributed by atoms with van der Waals surface area (Å²) in [6, 6.07) is 6.66. The van der Waals surface area contributed by atoms with Crippen molar-refractivity contribution in [1.82, 2.24) is 0 Å². The molecule has 0 fully saturated rings. The summed E-state index contributed by atoms with van der Waals surface area (Å²) in [7, 11) is -2.25. The monoisotopic (exact) mass is 282 g/mol. The van der Waals surface area contributed by atoms with Gasteiger partial charge in [0.05, 0.1) is 12.8 Å². The van der Waals surface area contributed by atoms with Crippen molar-refractivity contribution >= 4 is 28.0 Å². The van der Waals surface area contributed by atoms with Gasteiger partial charge in [0.25, 0.3) is 10.0 Å². The van der Waals surface area contributed by atoms with E-state index in [4.69, 9.17) is 0 Å². The van der Waals surface area contributed by atoms with Crippen molar-refractivity contribution in [2.75, 3.05) is 18.6 Å². The molecule has 1 aliphatic rings. The quantitative estimate of drug-likeness (QED) is 0.775. The van der Waals surface area contributed by atoms with Crippen LogP contribution in [-0.2, 0) is 19.6 Å². The van der Waals surface area contributed by atoms with Gasteiger partial charge in [0.2, 0.25) is 0 Å². The lowest BCUT2D eigenvalue weighted by Gasteiger charge is -2.24. The second kappa shape index (κ2) is 5.40. The van der Waals surface area contributed by atoms with Crippen LogP contribution in [0.4, 0.5) is 5.69 Å². The van der Waals surface area contributed by atoms with E-state index in [1.165, 1.54) is 19.5 Å². The molecule has 0 aliphatic carbocycles. The Hall–Kier alpha value is -1.89. The second-order valence-corrected chi connectivity index (χ2v) is 5.64. The van der Waals surface area contributed by atoms with Gasteiger partial charge in [-0.05, 0) is 18.6 Å². The molecule has 0 atom stereocenters. The molecule has 0 bridgehead atoms. The number of anilines is 1. The molecule has 0 spiro atoms. The highest BCUT2D eigenvalue weighted by Crippen LogP contribution is 2.29. The van der Waals surface area contributed by atoms with E-state index in [1.54, 1.807) is 23.1 Å². The summed E-state index contributed by atoms with van der Waals surface area (Å²) in [5, 5.41) is 0. The van der Waals surface area contributed by atoms with Crippen molar-refractivity contribution in [3.8, 4) is 0 Å². The van der Waals surface area contributed by atoms with Gasteiger partial charge in [-0.15, -0.1) is 4.40 Å². The summed E-state index contributed by atoms with van der Waals surface area (Å²) < 4.78 is 31.6. The third-order valence-electron chi connectivity index (χ3n) is 2.79. The minimum absolute atomic E-state index is 0.190. The van der Waals surface area contributed by atoms with Gasteiger partial charge in [-0.2, -0.15) is 8.42 Å². The Morgan fingerprint density at radius 1 is 1.37 bits per heavy atom. The molecule has 0 amide bonds. The highest BCUT2D eigenvalue weighted by Gasteiger charge is 2.24. The van der Waals surface area contributed by atoms with Crippen LogP contribution in [0.3, 0.4) is 0 Å². The van der Waals surface area contributed by atoms with Crippen LogP contribution in [0.1, 0.15) is 12.8 Å². The summed E-state index contributed by atoms with van der Waals surface area (Å²) in [4.78, 5) is 12.9. The molecule has 0 aromatic heterocycles. The van der Waals surface area contributed by atoms with Gasteiger partial charge in [0.1, 0.15) is 11.2 Å². The van der Waals surface area contributed by atoms with E-state index in [9.17, 15) is 13.2 Å². The predicted octanol–water partition coefficient (Wildman–Crippen LogP) is 1.18. The predicted molar refractivity (Wildman–Crippen MR) is 70.7 cm³/mol. The van der Waals surface area contributed by atoms with Gasteiger partial charge in [-0.1, -0.05) is 12.1 Å². The molecule has 1 aromatic carbocycles. The number of para-hydroxylation sites is 1. The molecule has 0 unspecified atom stereocenters. The number of benzene rings is 1. The van der Waals surface area contributed by atoms with Gasteiger partial charge in [-0.25, -0.2) is 0 Å². The van der Waals surface area contributed by atoms with Crippen molar-refractivity contribution in [2.24, 2.45) is 4.40 Å². The SMILES string of the molecule is COC(=O)CCCN1C=NS(=O)(=O)c2ccccc21. The second-order valence-electron chi connectivity index (χ2n) is 4.04. The molecule has 0 radical (unpaired) electrons. The maximum Gasteiger partial charge on any atom is 0.305 e. The lowest BCUT2D eigenvalue weighted by Crippen LogP contribution is -2.28. The van der Waals surface area contributed by atoms with Crippen molar-refractivity contribution in [1.29, 1.82) is 0 Å². The van der Waals surface area contributed by atoms with Crippen LogP contribution in [0.15, 0.2) is 33.6 Å². The fourth-order valence-electron chi connectivity index (χ4n) is 1.82. The smallest absolute Gasteiger partial charge is 0.305 e. The molecule has 0 saturated heterocycles. The number of rotatable bonds is 4. The van der Waals surface area contributed by atoms with Gasteiger partial charge in [0, 0.05) is 13.0 Å². The Bertz CT molecular complexity index is 610. The van der Waals surface area contributed by atoms with Crippen LogP contribution in [0.2, 0.25) is 0 Å². The van der Waals surface area contributed by atoms with E-state index in [1.807, 2.05) is 0 Å². The summed E-state index contributed by atoms with van der Waals surface area (Å²) >= 11 is 0. The number of esters is 1. The largest absolute Gasteiger partial charge is 0.469 e. The lowest BCUT2D eigenvalue weighted by atomic mass is 10.2. The molecule has 6 nitrogen and oxygen atoms in total. The third-order valence-corrected chi connectivity index (χ3v) is 4.06. The van der Waals surface area contributed by atoms with Gasteiger partial charge >= 0.3 is 5.97 Å². The summed E-state index contributed by atoms with van der Waals surface area (Å²) in [5.74, 6) is -0.283. The van der Waals surface area contributed by atoms with E-state index >= 15 is 0 Å². The van der Waals surface area contributed by atoms with Crippen LogP contribution >= 0.6 is 0 Å². The van der Waals surface area contributed by atoms with Crippen molar-refractivity contribution < 1.29 is 17.9 Å². The number of hydrogen-bond donors (Lipinski definition) is 0. The highest BCUT2D eigenvalue weighted by molar-refractivity contribution is 7.90. The van der Waals surface area contributed by atoms with Crippen LogP contribution < -0.4 is 4.90 Å². The number of hydrogen-bond acceptors (Lipinski definition) is 5. The Morgan fingerprint density at radius 2 is 2.11 bits per heavy atom. The number of carbonyl (C=O) groups excluding carboxylic acids is 1. The highest BCUT2D eigenvalue weighted by atomic mass is 32.2. The fraction of sp³-hybridized carbons (Fsp3) is 0.333. The van der Waals surface area contributed by atoms with Crippen molar-refractivity contribution in [3.05, 3.63) is 24.3 Å². The normalized spacial score (nSPS) is 15.9. The number of sulfonamides is 1. The summed E-state index contributed by atoms with van der Waals surface area (Å²) in [6.45, 7) is 0.505. The number of methoxy groups -OCH3 is 1. The maximum absolute atomic E-state index is 11.7. The Labute approximate surface area is 111 Å². The van der Waals surface area contributed by atoms with E-state index in [0.717, 1.165) is 0 Å². The molecule has 0 saturated carbocycles. The van der Waals surface area contributed by atoms with E-state index in [0.29, 0.717) is 18.7 Å². The van der Waals surface area contributed by atoms with E-state index in [2.05, 4.69) is 9.13 Å². The summed E-state index contributed by atoms with van der Waals surface area (Å²) in [6.07, 6.45) is 2.14. The number of fused-ring (bicyclic) bond motifs is 1. The zero-order chi connectivity index (χ0) is 13.9. The zero-order valence-electron chi connectivity index (χ0n) is 10.4. The average Bonchev–Trinajstić information content (AvgIpc) is 2.41. The Kier molecular flexibility index (Phi) is 3.84. The van der Waals surface area contributed by atoms with Gasteiger partial charge in [-0.3, -0.25) is 4.79 Å². The topological polar surface area (TPSA) is 76.0 Å². The minimum Gasteiger partial charge on any atom is -0.469 e. The standard InChI is InChI=1S/C12H14N2O4S/c1-18-12(15)7-4-8-14-9-13-19(16,17)11-6-3-2-5-10(11)14/h2-3,5-6,9H,4,7-8H2,1H3. The van der Waals surface area contributed by atoms with Gasteiger partial charge < -0.3 is 9.64 Å². The van der Waals surface area contributed by atoms with Crippen LogP contribution in [-0.4, -0.2) is 34.4 Å². The number of carbonyl (C=O) groups is 1. The van der Waals surface area contributed by atoms with Crippen LogP contribution in [0, 0.1) is 0 Å². The number of nitrogens with zero attached hydrogens (tertiary/aromatic N) is 2. The first-order valence-electron chi connectivity index (χ1n) is 5.77. The number of ether oxygens (including phenoxy) is 1. The molecule has 7 heteroatoms. The molecule has 102 valence electrons. The van der Waals surface area contributed by atoms with Crippen LogP contribution in [0.5, 0.6) is 0 Å². The summed E-state index contributed by atoms with van der Waals surface area (Å²) in [5.41, 5.74) is 0.586. The maximum atomic E-state index is 11.7. The molecule has 1 heterocycles. The third kappa shape index (κ3) is 2.93. The lowest BCUT2D eigenvalue weighted by molar-refractivity contribution is -0.140. The average molecular weight is 282 g/mol. The first kappa shape index (κ1) is 13.5. The van der Waals surface area contributed by atoms with Crippen molar-refractivity contribution in [3.63, 3.8) is 0 Å². The van der Waals surface area contributed by atoms with Gasteiger partial charge in [0.15, 0.2) is 0 Å². The fourth-order valence-corrected chi connectivity index (χ4v) is 2.88.